The van der Waals surface area contributed by atoms with E-state index in [4.69, 9.17) is 4.74 Å². The van der Waals surface area contributed by atoms with Gasteiger partial charge in [0.15, 0.2) is 0 Å². The Balaban J connectivity index is 1.72. The molecule has 0 spiro atoms. The molecule has 128 valence electrons. The number of hydrogen-bond donors (Lipinski definition) is 2. The molecule has 2 heterocycles. The van der Waals surface area contributed by atoms with Crippen LogP contribution in [0.1, 0.15) is 35.7 Å². The maximum atomic E-state index is 12.6. The van der Waals surface area contributed by atoms with Crippen molar-refractivity contribution in [3.8, 4) is 0 Å². The minimum Gasteiger partial charge on any atom is -0.376 e. The van der Waals surface area contributed by atoms with Gasteiger partial charge in [-0.1, -0.05) is 18.2 Å². The third-order valence-corrected chi connectivity index (χ3v) is 4.41. The summed E-state index contributed by atoms with van der Waals surface area (Å²) in [7, 11) is 0. The Labute approximate surface area is 140 Å². The Morgan fingerprint density at radius 2 is 2.21 bits per heavy atom. The van der Waals surface area contributed by atoms with E-state index in [1.807, 2.05) is 6.92 Å². The number of carbonyl (C=O) groups is 3. The van der Waals surface area contributed by atoms with Crippen LogP contribution >= 0.6 is 0 Å². The smallest absolute Gasteiger partial charge is 0.324 e. The van der Waals surface area contributed by atoms with E-state index < -0.39 is 6.03 Å². The maximum absolute atomic E-state index is 12.6. The van der Waals surface area contributed by atoms with Crippen LogP contribution in [0.3, 0.4) is 0 Å². The van der Waals surface area contributed by atoms with Gasteiger partial charge in [-0.05, 0) is 31.4 Å². The number of ether oxygens (including phenoxy) is 1. The highest BCUT2D eigenvalue weighted by atomic mass is 16.5. The first-order chi connectivity index (χ1) is 11.6. The Kier molecular flexibility index (Phi) is 4.80. The van der Waals surface area contributed by atoms with Crippen molar-refractivity contribution in [2.24, 2.45) is 0 Å². The second kappa shape index (κ2) is 7.00. The van der Waals surface area contributed by atoms with Crippen LogP contribution in [0.5, 0.6) is 0 Å². The molecule has 1 aromatic rings. The van der Waals surface area contributed by atoms with Crippen molar-refractivity contribution in [1.29, 1.82) is 0 Å². The fourth-order valence-electron chi connectivity index (χ4n) is 3.04. The summed E-state index contributed by atoms with van der Waals surface area (Å²) in [4.78, 5) is 37.2. The largest absolute Gasteiger partial charge is 0.376 e. The minimum absolute atomic E-state index is 0.00322. The summed E-state index contributed by atoms with van der Waals surface area (Å²) in [6.07, 6.45) is 1.98. The number of hydrogen-bond acceptors (Lipinski definition) is 4. The summed E-state index contributed by atoms with van der Waals surface area (Å²) in [6.45, 7) is 2.74. The van der Waals surface area contributed by atoms with E-state index in [0.29, 0.717) is 11.1 Å². The summed E-state index contributed by atoms with van der Waals surface area (Å²) >= 11 is 0. The fraction of sp³-hybridized carbons (Fsp3) is 0.471. The molecule has 2 N–H and O–H groups in total. The van der Waals surface area contributed by atoms with Crippen molar-refractivity contribution >= 4 is 17.8 Å². The lowest BCUT2D eigenvalue weighted by Crippen LogP contribution is -2.41. The van der Waals surface area contributed by atoms with Gasteiger partial charge in [-0.25, -0.2) is 4.79 Å². The van der Waals surface area contributed by atoms with Gasteiger partial charge in [0.2, 0.25) is 5.91 Å². The Morgan fingerprint density at radius 3 is 2.88 bits per heavy atom. The van der Waals surface area contributed by atoms with Gasteiger partial charge < -0.3 is 15.4 Å². The zero-order valence-electron chi connectivity index (χ0n) is 13.6. The van der Waals surface area contributed by atoms with Gasteiger partial charge in [0.1, 0.15) is 0 Å². The van der Waals surface area contributed by atoms with Crippen molar-refractivity contribution in [3.05, 3.63) is 35.4 Å². The maximum Gasteiger partial charge on any atom is 0.324 e. The van der Waals surface area contributed by atoms with E-state index in [2.05, 4.69) is 10.6 Å². The van der Waals surface area contributed by atoms with Crippen LogP contribution in [0, 0.1) is 0 Å². The normalized spacial score (nSPS) is 21.7. The SMILES string of the molecule is CC(NC(=O)c1ccccc1CN1C(=O)CNC1=O)C1CCCO1. The van der Waals surface area contributed by atoms with Gasteiger partial charge in [-0.2, -0.15) is 0 Å². The van der Waals surface area contributed by atoms with Crippen LogP contribution < -0.4 is 10.6 Å². The van der Waals surface area contributed by atoms with E-state index in [1.54, 1.807) is 24.3 Å². The number of carbonyl (C=O) groups excluding carboxylic acids is 3. The molecule has 1 aromatic carbocycles. The Morgan fingerprint density at radius 1 is 1.42 bits per heavy atom. The summed E-state index contributed by atoms with van der Waals surface area (Å²) in [5.74, 6) is -0.511. The molecule has 2 fully saturated rings. The number of nitrogens with zero attached hydrogens (tertiary/aromatic N) is 1. The molecule has 2 saturated heterocycles. The predicted octanol–water partition coefficient (Wildman–Crippen LogP) is 1.04. The lowest BCUT2D eigenvalue weighted by Gasteiger charge is -2.21. The molecule has 2 atom stereocenters. The molecule has 0 aromatic heterocycles. The second-order valence-electron chi connectivity index (χ2n) is 6.11. The molecule has 2 unspecified atom stereocenters. The van der Waals surface area contributed by atoms with E-state index in [1.165, 1.54) is 0 Å². The second-order valence-corrected chi connectivity index (χ2v) is 6.11. The molecule has 0 saturated carbocycles. The number of benzene rings is 1. The Bertz CT molecular complexity index is 639. The van der Waals surface area contributed by atoms with Gasteiger partial charge in [0, 0.05) is 12.2 Å². The summed E-state index contributed by atoms with van der Waals surface area (Å²) in [5, 5.41) is 5.44. The quantitative estimate of drug-likeness (QED) is 0.789. The summed E-state index contributed by atoms with van der Waals surface area (Å²) < 4.78 is 5.60. The van der Waals surface area contributed by atoms with Gasteiger partial charge in [0.25, 0.3) is 5.91 Å². The van der Waals surface area contributed by atoms with E-state index in [9.17, 15) is 14.4 Å². The van der Waals surface area contributed by atoms with Gasteiger partial charge >= 0.3 is 6.03 Å². The summed E-state index contributed by atoms with van der Waals surface area (Å²) in [6, 6.07) is 6.48. The number of nitrogens with one attached hydrogen (secondary N) is 2. The van der Waals surface area contributed by atoms with E-state index >= 15 is 0 Å². The molecule has 0 radical (unpaired) electrons. The van der Waals surface area contributed by atoms with Crippen LogP contribution in [0.15, 0.2) is 24.3 Å². The number of amides is 4. The van der Waals surface area contributed by atoms with Crippen molar-refractivity contribution in [3.63, 3.8) is 0 Å². The van der Waals surface area contributed by atoms with Crippen LogP contribution in [0.25, 0.3) is 0 Å². The van der Waals surface area contributed by atoms with Crippen molar-refractivity contribution in [1.82, 2.24) is 15.5 Å². The highest BCUT2D eigenvalue weighted by Crippen LogP contribution is 2.17. The molecule has 0 bridgehead atoms. The molecule has 3 rings (SSSR count). The van der Waals surface area contributed by atoms with Gasteiger partial charge in [0.05, 0.1) is 25.2 Å². The standard InChI is InChI=1S/C17H21N3O4/c1-11(14-7-4-8-24-14)19-16(22)13-6-3-2-5-12(13)10-20-15(21)9-18-17(20)23/h2-3,5-6,11,14H,4,7-10H2,1H3,(H,18,23)(H,19,22). The van der Waals surface area contributed by atoms with Crippen molar-refractivity contribution in [2.45, 2.75) is 38.5 Å². The van der Waals surface area contributed by atoms with E-state index in [-0.39, 0.29) is 37.0 Å². The van der Waals surface area contributed by atoms with Gasteiger partial charge in [-0.3, -0.25) is 14.5 Å². The molecule has 7 nitrogen and oxygen atoms in total. The molecular weight excluding hydrogens is 310 g/mol. The van der Waals surface area contributed by atoms with E-state index in [0.717, 1.165) is 24.3 Å². The van der Waals surface area contributed by atoms with Crippen LogP contribution in [0.4, 0.5) is 4.79 Å². The zero-order chi connectivity index (χ0) is 17.1. The molecule has 0 aliphatic carbocycles. The number of imide groups is 1. The third kappa shape index (κ3) is 3.41. The highest BCUT2D eigenvalue weighted by molar-refractivity contribution is 6.02. The first-order valence-electron chi connectivity index (χ1n) is 8.15. The minimum atomic E-state index is -0.428. The Hall–Kier alpha value is -2.41. The first kappa shape index (κ1) is 16.4. The molecule has 7 heteroatoms. The highest BCUT2D eigenvalue weighted by Gasteiger charge is 2.30. The zero-order valence-corrected chi connectivity index (χ0v) is 13.6. The predicted molar refractivity (Wildman–Crippen MR) is 86.3 cm³/mol. The van der Waals surface area contributed by atoms with Crippen molar-refractivity contribution < 1.29 is 19.1 Å². The third-order valence-electron chi connectivity index (χ3n) is 4.41. The van der Waals surface area contributed by atoms with Gasteiger partial charge in [-0.15, -0.1) is 0 Å². The van der Waals surface area contributed by atoms with Crippen molar-refractivity contribution in [2.75, 3.05) is 13.2 Å². The van der Waals surface area contributed by atoms with Crippen LogP contribution in [-0.2, 0) is 16.1 Å². The average molecular weight is 331 g/mol. The van der Waals surface area contributed by atoms with Crippen LogP contribution in [0.2, 0.25) is 0 Å². The first-order valence-corrected chi connectivity index (χ1v) is 8.15. The topological polar surface area (TPSA) is 87.7 Å². The monoisotopic (exact) mass is 331 g/mol. The van der Waals surface area contributed by atoms with Crippen LogP contribution in [-0.4, -0.2) is 48.0 Å². The number of urea groups is 1. The summed E-state index contributed by atoms with van der Waals surface area (Å²) in [5.41, 5.74) is 1.11. The fourth-order valence-corrected chi connectivity index (χ4v) is 3.04. The molecule has 24 heavy (non-hydrogen) atoms. The average Bonchev–Trinajstić information content (AvgIpc) is 3.21. The number of rotatable bonds is 5. The molecular formula is C17H21N3O4. The lowest BCUT2D eigenvalue weighted by molar-refractivity contribution is -0.125. The lowest BCUT2D eigenvalue weighted by atomic mass is 10.0. The molecule has 2 aliphatic heterocycles. The molecule has 4 amide bonds. The molecule has 2 aliphatic rings.